The van der Waals surface area contributed by atoms with Crippen molar-refractivity contribution < 1.29 is 4.79 Å². The van der Waals surface area contributed by atoms with Crippen LogP contribution < -0.4 is 0 Å². The van der Waals surface area contributed by atoms with Crippen LogP contribution in [0.25, 0.3) is 0 Å². The third-order valence-electron chi connectivity index (χ3n) is 4.38. The molecule has 1 aliphatic rings. The van der Waals surface area contributed by atoms with Crippen LogP contribution in [0, 0.1) is 0 Å². The number of rotatable bonds is 3. The Labute approximate surface area is 164 Å². The number of carbonyl (C=O) groups is 1. The molecule has 136 valence electrons. The molecule has 1 saturated carbocycles. The molecule has 28 heavy (non-hydrogen) atoms. The van der Waals surface area contributed by atoms with E-state index in [-0.39, 0.29) is 12.2 Å². The average molecular weight is 365 g/mol. The van der Waals surface area contributed by atoms with E-state index in [9.17, 15) is 4.79 Å². The maximum atomic E-state index is 12.7. The monoisotopic (exact) mass is 365 g/mol. The summed E-state index contributed by atoms with van der Waals surface area (Å²) in [7, 11) is 0. The van der Waals surface area contributed by atoms with E-state index >= 15 is 0 Å². The van der Waals surface area contributed by atoms with Crippen LogP contribution in [-0.2, 0) is 4.79 Å². The van der Waals surface area contributed by atoms with Crippen molar-refractivity contribution in [2.75, 3.05) is 0 Å². The van der Waals surface area contributed by atoms with Gasteiger partial charge < -0.3 is 0 Å². The molecule has 4 rings (SSSR count). The van der Waals surface area contributed by atoms with Gasteiger partial charge in [0.2, 0.25) is 0 Å². The lowest BCUT2D eigenvalue weighted by Gasteiger charge is -2.17. The molecule has 1 fully saturated rings. The molecule has 0 atom stereocenters. The standard InChI is InChI=1S/C24H19N3O/c28-24-17-22(26-19-12-6-2-7-13-19)21(25-18-10-4-1-5-11-18)16-23(24)27-20-14-8-3-9-15-20/h1-15H,16-17H2. The van der Waals surface area contributed by atoms with E-state index in [1.807, 2.05) is 91.0 Å². The minimum absolute atomic E-state index is 0.00875. The maximum absolute atomic E-state index is 12.7. The Balaban J connectivity index is 1.73. The summed E-state index contributed by atoms with van der Waals surface area (Å²) in [4.78, 5) is 26.8. The number of ketones is 1. The number of hydrogen-bond acceptors (Lipinski definition) is 4. The SMILES string of the molecule is O=C1CC(=Nc2ccccc2)C(=Nc2ccccc2)CC1=Nc1ccccc1. The van der Waals surface area contributed by atoms with Gasteiger partial charge in [-0.25, -0.2) is 4.99 Å². The first-order chi connectivity index (χ1) is 13.8. The predicted octanol–water partition coefficient (Wildman–Crippen LogP) is 5.67. The fourth-order valence-corrected chi connectivity index (χ4v) is 3.00. The highest BCUT2D eigenvalue weighted by Crippen LogP contribution is 2.21. The van der Waals surface area contributed by atoms with E-state index in [4.69, 9.17) is 9.98 Å². The molecule has 0 aliphatic heterocycles. The van der Waals surface area contributed by atoms with Crippen LogP contribution in [0.4, 0.5) is 17.1 Å². The summed E-state index contributed by atoms with van der Waals surface area (Å²) in [5.74, 6) is -0.00875. The Kier molecular flexibility index (Phi) is 5.29. The van der Waals surface area contributed by atoms with E-state index in [0.29, 0.717) is 17.8 Å². The van der Waals surface area contributed by atoms with Gasteiger partial charge in [0.15, 0.2) is 5.78 Å². The van der Waals surface area contributed by atoms with Gasteiger partial charge in [-0.2, -0.15) is 0 Å². The molecule has 1 aliphatic carbocycles. The van der Waals surface area contributed by atoms with Crippen LogP contribution >= 0.6 is 0 Å². The number of para-hydroxylation sites is 3. The molecule has 0 unspecified atom stereocenters. The van der Waals surface area contributed by atoms with Crippen LogP contribution in [0.15, 0.2) is 106 Å². The second-order valence-electron chi connectivity index (χ2n) is 6.46. The van der Waals surface area contributed by atoms with Crippen molar-refractivity contribution in [1.29, 1.82) is 0 Å². The van der Waals surface area contributed by atoms with Crippen LogP contribution in [0.1, 0.15) is 12.8 Å². The largest absolute Gasteiger partial charge is 0.292 e. The second kappa shape index (κ2) is 8.35. The lowest BCUT2D eigenvalue weighted by Crippen LogP contribution is -2.33. The van der Waals surface area contributed by atoms with Crippen LogP contribution in [0.5, 0.6) is 0 Å². The van der Waals surface area contributed by atoms with E-state index in [0.717, 1.165) is 22.8 Å². The molecular formula is C24H19N3O. The van der Waals surface area contributed by atoms with E-state index in [1.165, 1.54) is 0 Å². The Bertz CT molecular complexity index is 1050. The van der Waals surface area contributed by atoms with Crippen molar-refractivity contribution in [2.45, 2.75) is 12.8 Å². The first-order valence-corrected chi connectivity index (χ1v) is 9.19. The number of hydrogen-bond donors (Lipinski definition) is 0. The molecular weight excluding hydrogens is 346 g/mol. The normalized spacial score (nSPS) is 18.7. The molecule has 0 saturated heterocycles. The number of carbonyl (C=O) groups excluding carboxylic acids is 1. The zero-order valence-electron chi connectivity index (χ0n) is 15.3. The molecule has 3 aromatic carbocycles. The third kappa shape index (κ3) is 4.35. The van der Waals surface area contributed by atoms with Crippen LogP contribution in [0.3, 0.4) is 0 Å². The molecule has 0 aromatic heterocycles. The summed E-state index contributed by atoms with van der Waals surface area (Å²) in [6.07, 6.45) is 0.570. The second-order valence-corrected chi connectivity index (χ2v) is 6.46. The summed E-state index contributed by atoms with van der Waals surface area (Å²) in [6.45, 7) is 0. The highest BCUT2D eigenvalue weighted by Gasteiger charge is 2.27. The summed E-state index contributed by atoms with van der Waals surface area (Å²) in [5, 5.41) is 0. The lowest BCUT2D eigenvalue weighted by atomic mass is 9.92. The van der Waals surface area contributed by atoms with E-state index in [1.54, 1.807) is 0 Å². The van der Waals surface area contributed by atoms with Gasteiger partial charge in [0.05, 0.1) is 40.6 Å². The smallest absolute Gasteiger partial charge is 0.183 e. The molecule has 0 bridgehead atoms. The molecule has 0 amide bonds. The average Bonchev–Trinajstić information content (AvgIpc) is 2.74. The van der Waals surface area contributed by atoms with Crippen molar-refractivity contribution in [1.82, 2.24) is 0 Å². The number of nitrogens with zero attached hydrogens (tertiary/aromatic N) is 3. The van der Waals surface area contributed by atoms with Gasteiger partial charge in [-0.15, -0.1) is 0 Å². The van der Waals surface area contributed by atoms with Gasteiger partial charge in [-0.05, 0) is 36.4 Å². The Morgan fingerprint density at radius 1 is 0.464 bits per heavy atom. The van der Waals surface area contributed by atoms with Crippen molar-refractivity contribution in [3.63, 3.8) is 0 Å². The minimum atomic E-state index is -0.00875. The van der Waals surface area contributed by atoms with Gasteiger partial charge in [0.1, 0.15) is 0 Å². The first kappa shape index (κ1) is 17.7. The summed E-state index contributed by atoms with van der Waals surface area (Å²) in [6, 6.07) is 28.9. The zero-order chi connectivity index (χ0) is 19.2. The van der Waals surface area contributed by atoms with Crippen molar-refractivity contribution in [2.24, 2.45) is 15.0 Å². The van der Waals surface area contributed by atoms with Gasteiger partial charge >= 0.3 is 0 Å². The zero-order valence-corrected chi connectivity index (χ0v) is 15.3. The fourth-order valence-electron chi connectivity index (χ4n) is 3.00. The Morgan fingerprint density at radius 3 is 1.25 bits per heavy atom. The molecule has 0 N–H and O–H groups in total. The predicted molar refractivity (Wildman–Crippen MR) is 115 cm³/mol. The summed E-state index contributed by atoms with van der Waals surface area (Å²) < 4.78 is 0. The maximum Gasteiger partial charge on any atom is 0.183 e. The molecule has 4 nitrogen and oxygen atoms in total. The summed E-state index contributed by atoms with van der Waals surface area (Å²) in [5.41, 5.74) is 4.43. The minimum Gasteiger partial charge on any atom is -0.292 e. The van der Waals surface area contributed by atoms with E-state index < -0.39 is 0 Å². The van der Waals surface area contributed by atoms with Crippen molar-refractivity contribution in [3.05, 3.63) is 91.0 Å². The van der Waals surface area contributed by atoms with Crippen molar-refractivity contribution >= 4 is 40.0 Å². The van der Waals surface area contributed by atoms with Gasteiger partial charge in [0.25, 0.3) is 0 Å². The van der Waals surface area contributed by atoms with Crippen LogP contribution in [-0.4, -0.2) is 22.9 Å². The molecule has 0 spiro atoms. The molecule has 0 radical (unpaired) electrons. The summed E-state index contributed by atoms with van der Waals surface area (Å²) >= 11 is 0. The molecule has 0 heterocycles. The van der Waals surface area contributed by atoms with Gasteiger partial charge in [-0.3, -0.25) is 14.8 Å². The number of Topliss-reactive ketones (excluding diaryl/α,β-unsaturated/α-hetero) is 1. The van der Waals surface area contributed by atoms with Gasteiger partial charge in [-0.1, -0.05) is 54.6 Å². The number of benzene rings is 3. The topological polar surface area (TPSA) is 54.1 Å². The third-order valence-corrected chi connectivity index (χ3v) is 4.38. The van der Waals surface area contributed by atoms with Crippen molar-refractivity contribution in [3.8, 4) is 0 Å². The number of aliphatic imine (C=N–C) groups is 3. The highest BCUT2D eigenvalue weighted by atomic mass is 16.1. The van der Waals surface area contributed by atoms with Crippen LogP contribution in [0.2, 0.25) is 0 Å². The molecule has 3 aromatic rings. The first-order valence-electron chi connectivity index (χ1n) is 9.19. The molecule has 4 heteroatoms. The highest BCUT2D eigenvalue weighted by molar-refractivity contribution is 6.62. The Hall–Kier alpha value is -3.66. The Morgan fingerprint density at radius 2 is 0.821 bits per heavy atom. The fraction of sp³-hybridized carbons (Fsp3) is 0.0833. The van der Waals surface area contributed by atoms with Gasteiger partial charge in [0, 0.05) is 6.42 Å². The van der Waals surface area contributed by atoms with E-state index in [2.05, 4.69) is 4.99 Å². The quantitative estimate of drug-likeness (QED) is 0.590. The lowest BCUT2D eigenvalue weighted by molar-refractivity contribution is -0.112.